The standard InChI is InChI=1S/C45H36N2/c1-45(2)38-18-10-12-20-40(38)47(36-27-23-34(24-28-36)32-15-7-4-8-16-32)42-30-29-41-43(44(42)45)37-17-9-11-19-39(37)46(41)35-25-21-33(22-26-35)31-13-5-3-6-14-31/h3-11,13-19,21-30H,12,20H2,1-2H3. The van der Waals surface area contributed by atoms with Gasteiger partial charge in [0, 0.05) is 33.3 Å². The summed E-state index contributed by atoms with van der Waals surface area (Å²) in [5.41, 5.74) is 15.1. The zero-order chi connectivity index (χ0) is 31.5. The minimum atomic E-state index is -0.173. The van der Waals surface area contributed by atoms with Gasteiger partial charge >= 0.3 is 0 Å². The second kappa shape index (κ2) is 10.7. The van der Waals surface area contributed by atoms with Gasteiger partial charge in [0.15, 0.2) is 0 Å². The van der Waals surface area contributed by atoms with Gasteiger partial charge in [0.1, 0.15) is 0 Å². The van der Waals surface area contributed by atoms with Crippen LogP contribution in [0, 0.1) is 0 Å². The van der Waals surface area contributed by atoms with Crippen LogP contribution >= 0.6 is 0 Å². The van der Waals surface area contributed by atoms with E-state index in [9.17, 15) is 0 Å². The monoisotopic (exact) mass is 604 g/mol. The average molecular weight is 605 g/mol. The van der Waals surface area contributed by atoms with E-state index in [-0.39, 0.29) is 5.41 Å². The van der Waals surface area contributed by atoms with Gasteiger partial charge in [-0.3, -0.25) is 0 Å². The van der Waals surface area contributed by atoms with E-state index < -0.39 is 0 Å². The molecule has 1 aliphatic heterocycles. The van der Waals surface area contributed by atoms with Crippen molar-refractivity contribution in [3.05, 3.63) is 175 Å². The SMILES string of the molecule is CC1(C)C2=C(CCC=C2)N(c2ccc(-c3ccccc3)cc2)c2ccc3c(c21)c1ccccc1n3-c1ccc(-c2ccccc2)cc1. The van der Waals surface area contributed by atoms with E-state index >= 15 is 0 Å². The maximum absolute atomic E-state index is 2.55. The quantitative estimate of drug-likeness (QED) is 0.194. The van der Waals surface area contributed by atoms with Gasteiger partial charge in [-0.05, 0) is 88.7 Å². The highest BCUT2D eigenvalue weighted by atomic mass is 15.2. The Morgan fingerprint density at radius 2 is 1.11 bits per heavy atom. The smallest absolute Gasteiger partial charge is 0.0545 e. The van der Waals surface area contributed by atoms with Crippen molar-refractivity contribution in [2.24, 2.45) is 0 Å². The lowest BCUT2D eigenvalue weighted by Crippen LogP contribution is -2.35. The van der Waals surface area contributed by atoms with Crippen LogP contribution in [0.25, 0.3) is 49.7 Å². The minimum absolute atomic E-state index is 0.173. The Balaban J connectivity index is 1.26. The first-order chi connectivity index (χ1) is 23.1. The third-order valence-corrected chi connectivity index (χ3v) is 10.2. The lowest BCUT2D eigenvalue weighted by Gasteiger charge is -2.44. The number of nitrogens with zero attached hydrogens (tertiary/aromatic N) is 2. The summed E-state index contributed by atoms with van der Waals surface area (Å²) in [6.45, 7) is 4.85. The zero-order valence-electron chi connectivity index (χ0n) is 26.8. The predicted molar refractivity (Wildman–Crippen MR) is 199 cm³/mol. The molecule has 47 heavy (non-hydrogen) atoms. The first-order valence-corrected chi connectivity index (χ1v) is 16.7. The van der Waals surface area contributed by atoms with Crippen LogP contribution in [0.2, 0.25) is 0 Å². The Morgan fingerprint density at radius 3 is 1.77 bits per heavy atom. The maximum Gasteiger partial charge on any atom is 0.0545 e. The minimum Gasteiger partial charge on any atom is -0.314 e. The van der Waals surface area contributed by atoms with Gasteiger partial charge in [0.05, 0.1) is 16.7 Å². The number of aromatic nitrogens is 1. The van der Waals surface area contributed by atoms with Crippen LogP contribution in [-0.2, 0) is 5.41 Å². The van der Waals surface area contributed by atoms with Crippen LogP contribution < -0.4 is 4.90 Å². The Kier molecular flexibility index (Phi) is 6.33. The van der Waals surface area contributed by atoms with Crippen molar-refractivity contribution in [2.45, 2.75) is 32.1 Å². The molecule has 2 heterocycles. The molecule has 0 radical (unpaired) electrons. The van der Waals surface area contributed by atoms with Crippen molar-refractivity contribution in [3.8, 4) is 27.9 Å². The van der Waals surface area contributed by atoms with Crippen LogP contribution in [0.3, 0.4) is 0 Å². The number of para-hydroxylation sites is 1. The number of allylic oxidation sites excluding steroid dienone is 4. The molecule has 0 atom stereocenters. The summed E-state index contributed by atoms with van der Waals surface area (Å²) in [6.07, 6.45) is 6.85. The van der Waals surface area contributed by atoms with Gasteiger partial charge in [-0.15, -0.1) is 0 Å². The lowest BCUT2D eigenvalue weighted by molar-refractivity contribution is 0.609. The largest absolute Gasteiger partial charge is 0.314 e. The number of rotatable bonds is 4. The second-order valence-corrected chi connectivity index (χ2v) is 13.3. The third kappa shape index (κ3) is 4.32. The number of anilines is 2. The highest BCUT2D eigenvalue weighted by Crippen LogP contribution is 2.54. The van der Waals surface area contributed by atoms with Crippen LogP contribution in [0.4, 0.5) is 11.4 Å². The molecule has 7 aromatic rings. The lowest BCUT2D eigenvalue weighted by atomic mass is 9.70. The molecule has 0 bridgehead atoms. The molecule has 0 unspecified atom stereocenters. The molecular formula is C45H36N2. The van der Waals surface area contributed by atoms with Crippen molar-refractivity contribution in [1.82, 2.24) is 4.57 Å². The maximum atomic E-state index is 2.55. The number of fused-ring (bicyclic) bond motifs is 5. The fourth-order valence-electron chi connectivity index (χ4n) is 8.04. The summed E-state index contributed by atoms with van der Waals surface area (Å²) in [5, 5.41) is 2.63. The van der Waals surface area contributed by atoms with Crippen LogP contribution in [0.5, 0.6) is 0 Å². The normalized spacial score (nSPS) is 15.2. The van der Waals surface area contributed by atoms with Crippen LogP contribution in [0.1, 0.15) is 32.3 Å². The summed E-state index contributed by atoms with van der Waals surface area (Å²) >= 11 is 0. The Bertz CT molecular complexity index is 2340. The Labute approximate surface area is 276 Å². The first-order valence-electron chi connectivity index (χ1n) is 16.7. The molecule has 0 fully saturated rings. The van der Waals surface area contributed by atoms with Gasteiger partial charge in [0.2, 0.25) is 0 Å². The molecule has 0 saturated heterocycles. The summed E-state index contributed by atoms with van der Waals surface area (Å²) < 4.78 is 2.45. The van der Waals surface area contributed by atoms with E-state index in [1.165, 1.54) is 78.0 Å². The molecule has 1 aliphatic carbocycles. The molecule has 0 saturated carbocycles. The number of hydrogen-bond donors (Lipinski definition) is 0. The average Bonchev–Trinajstić information content (AvgIpc) is 3.47. The van der Waals surface area contributed by atoms with E-state index in [0.717, 1.165) is 12.8 Å². The van der Waals surface area contributed by atoms with Crippen molar-refractivity contribution < 1.29 is 0 Å². The molecule has 0 spiro atoms. The highest BCUT2D eigenvalue weighted by Gasteiger charge is 2.40. The van der Waals surface area contributed by atoms with Crippen molar-refractivity contribution in [2.75, 3.05) is 4.90 Å². The highest BCUT2D eigenvalue weighted by molar-refractivity contribution is 6.14. The van der Waals surface area contributed by atoms with E-state index in [1.807, 2.05) is 0 Å². The van der Waals surface area contributed by atoms with Gasteiger partial charge in [-0.25, -0.2) is 0 Å². The molecule has 2 heteroatoms. The Morgan fingerprint density at radius 1 is 0.532 bits per heavy atom. The number of benzene rings is 6. The molecule has 0 N–H and O–H groups in total. The topological polar surface area (TPSA) is 8.17 Å². The van der Waals surface area contributed by atoms with Crippen molar-refractivity contribution in [1.29, 1.82) is 0 Å². The van der Waals surface area contributed by atoms with Gasteiger partial charge in [0.25, 0.3) is 0 Å². The van der Waals surface area contributed by atoms with E-state index in [2.05, 4.69) is 181 Å². The molecule has 226 valence electrons. The van der Waals surface area contributed by atoms with E-state index in [0.29, 0.717) is 0 Å². The fourth-order valence-corrected chi connectivity index (χ4v) is 8.04. The zero-order valence-corrected chi connectivity index (χ0v) is 26.8. The molecular weight excluding hydrogens is 569 g/mol. The molecule has 9 rings (SSSR count). The van der Waals surface area contributed by atoms with Gasteiger partial charge < -0.3 is 9.47 Å². The van der Waals surface area contributed by atoms with E-state index in [4.69, 9.17) is 0 Å². The fraction of sp³-hybridized carbons (Fsp3) is 0.111. The number of hydrogen-bond acceptors (Lipinski definition) is 1. The van der Waals surface area contributed by atoms with Gasteiger partial charge in [-0.2, -0.15) is 0 Å². The molecule has 0 amide bonds. The predicted octanol–water partition coefficient (Wildman–Crippen LogP) is 12.2. The summed E-state index contributed by atoms with van der Waals surface area (Å²) in [4.78, 5) is 2.55. The first kappa shape index (κ1) is 27.7. The van der Waals surface area contributed by atoms with E-state index in [1.54, 1.807) is 0 Å². The van der Waals surface area contributed by atoms with Gasteiger partial charge in [-0.1, -0.05) is 129 Å². The summed E-state index contributed by atoms with van der Waals surface area (Å²) in [7, 11) is 0. The summed E-state index contributed by atoms with van der Waals surface area (Å²) in [5.74, 6) is 0. The van der Waals surface area contributed by atoms with Crippen molar-refractivity contribution in [3.63, 3.8) is 0 Å². The molecule has 1 aromatic heterocycles. The second-order valence-electron chi connectivity index (χ2n) is 13.3. The molecule has 6 aromatic carbocycles. The van der Waals surface area contributed by atoms with Crippen LogP contribution in [-0.4, -0.2) is 4.57 Å². The summed E-state index contributed by atoms with van der Waals surface area (Å²) in [6, 6.07) is 53.1. The van der Waals surface area contributed by atoms with Crippen LogP contribution in [0.15, 0.2) is 169 Å². The van der Waals surface area contributed by atoms with Crippen molar-refractivity contribution >= 4 is 33.2 Å². The Hall–Kier alpha value is -5.60. The third-order valence-electron chi connectivity index (χ3n) is 10.2. The molecule has 2 aliphatic rings. The molecule has 2 nitrogen and oxygen atoms in total.